The number of rotatable bonds is 10. The Balaban J connectivity index is 1.63. The number of allylic oxidation sites excluding steroid dienone is 1. The second-order valence-corrected chi connectivity index (χ2v) is 9.29. The molecule has 6 heteroatoms. The Bertz CT molecular complexity index is 1260. The summed E-state index contributed by atoms with van der Waals surface area (Å²) in [5.41, 5.74) is 4.48. The van der Waals surface area contributed by atoms with Crippen LogP contribution in [0.3, 0.4) is 0 Å². The number of fused-ring (bicyclic) bond motifs is 1. The minimum atomic E-state index is -0.658. The zero-order valence-electron chi connectivity index (χ0n) is 21.2. The molecule has 3 aromatic rings. The quantitative estimate of drug-likeness (QED) is 0.304. The van der Waals surface area contributed by atoms with E-state index >= 15 is 0 Å². The predicted octanol–water partition coefficient (Wildman–Crippen LogP) is 7.82. The van der Waals surface area contributed by atoms with E-state index in [1.807, 2.05) is 37.3 Å². The summed E-state index contributed by atoms with van der Waals surface area (Å²) < 4.78 is 47.2. The lowest BCUT2D eigenvalue weighted by Gasteiger charge is -2.31. The van der Waals surface area contributed by atoms with E-state index in [-0.39, 0.29) is 12.4 Å². The molecular formula is C31H32F3NO2. The van der Waals surface area contributed by atoms with Crippen molar-refractivity contribution in [2.75, 3.05) is 26.3 Å². The molecule has 1 aliphatic rings. The number of phenols is 1. The number of nitrogens with zero attached hydrogens (tertiary/aromatic N) is 1. The minimum Gasteiger partial charge on any atom is -0.508 e. The summed E-state index contributed by atoms with van der Waals surface area (Å²) in [5, 5.41) is 10.0. The highest BCUT2D eigenvalue weighted by Gasteiger charge is 2.30. The Hall–Kier alpha value is -3.51. The van der Waals surface area contributed by atoms with Crippen LogP contribution in [-0.2, 0) is 0 Å². The van der Waals surface area contributed by atoms with Crippen LogP contribution in [0.4, 0.5) is 13.2 Å². The number of phenolic OH excluding ortho intramolecular Hbond substituents is 1. The SMILES string of the molecule is CCCN(C/C=C/c1ccc(C2Oc3cc(O)ccc3C(C)=C2c2cc(F)cc(F)c2)cc1)CCCF. The van der Waals surface area contributed by atoms with Crippen LogP contribution in [0.2, 0.25) is 0 Å². The molecule has 1 atom stereocenters. The number of benzene rings is 3. The molecule has 3 aromatic carbocycles. The first-order valence-electron chi connectivity index (χ1n) is 12.6. The summed E-state index contributed by atoms with van der Waals surface area (Å²) in [4.78, 5) is 2.23. The molecule has 0 saturated carbocycles. The number of ether oxygens (including phenoxy) is 1. The zero-order chi connectivity index (χ0) is 26.4. The summed E-state index contributed by atoms with van der Waals surface area (Å²) in [7, 11) is 0. The van der Waals surface area contributed by atoms with Crippen LogP contribution >= 0.6 is 0 Å². The maximum absolute atomic E-state index is 14.2. The van der Waals surface area contributed by atoms with E-state index in [2.05, 4.69) is 17.9 Å². The average Bonchev–Trinajstić information content (AvgIpc) is 2.86. The Morgan fingerprint density at radius 3 is 2.38 bits per heavy atom. The first-order chi connectivity index (χ1) is 17.9. The molecule has 0 amide bonds. The van der Waals surface area contributed by atoms with E-state index in [4.69, 9.17) is 4.74 Å². The predicted molar refractivity (Wildman–Crippen MR) is 143 cm³/mol. The summed E-state index contributed by atoms with van der Waals surface area (Å²) in [6.07, 6.45) is 5.04. The van der Waals surface area contributed by atoms with Crippen LogP contribution in [-0.4, -0.2) is 36.3 Å². The van der Waals surface area contributed by atoms with Crippen LogP contribution in [0.25, 0.3) is 17.2 Å². The first-order valence-corrected chi connectivity index (χ1v) is 12.6. The highest BCUT2D eigenvalue weighted by molar-refractivity contribution is 5.95. The van der Waals surface area contributed by atoms with Gasteiger partial charge in [-0.1, -0.05) is 43.3 Å². The molecule has 4 rings (SSSR count). The highest BCUT2D eigenvalue weighted by Crippen LogP contribution is 2.47. The number of aromatic hydroxyl groups is 1. The average molecular weight is 508 g/mol. The molecule has 3 nitrogen and oxygen atoms in total. The lowest BCUT2D eigenvalue weighted by molar-refractivity contribution is 0.259. The van der Waals surface area contributed by atoms with Crippen LogP contribution in [0, 0.1) is 11.6 Å². The highest BCUT2D eigenvalue weighted by atomic mass is 19.1. The fourth-order valence-corrected chi connectivity index (χ4v) is 4.77. The molecule has 1 unspecified atom stereocenters. The third-order valence-corrected chi connectivity index (χ3v) is 6.51. The molecule has 0 spiro atoms. The van der Waals surface area contributed by atoms with Gasteiger partial charge in [-0.05, 0) is 72.8 Å². The summed E-state index contributed by atoms with van der Waals surface area (Å²) in [6.45, 7) is 6.11. The van der Waals surface area contributed by atoms with Crippen molar-refractivity contribution in [3.63, 3.8) is 0 Å². The first kappa shape index (κ1) is 26.6. The zero-order valence-corrected chi connectivity index (χ0v) is 21.2. The van der Waals surface area contributed by atoms with E-state index in [9.17, 15) is 18.3 Å². The number of alkyl halides is 1. The Morgan fingerprint density at radius 2 is 1.70 bits per heavy atom. The van der Waals surface area contributed by atoms with Crippen molar-refractivity contribution in [1.29, 1.82) is 0 Å². The van der Waals surface area contributed by atoms with Gasteiger partial charge in [0.05, 0.1) is 6.67 Å². The molecule has 1 N–H and O–H groups in total. The van der Waals surface area contributed by atoms with E-state index in [1.165, 1.54) is 12.1 Å². The molecule has 1 aliphatic heterocycles. The molecule has 0 bridgehead atoms. The van der Waals surface area contributed by atoms with Gasteiger partial charge in [-0.15, -0.1) is 0 Å². The molecule has 0 aromatic heterocycles. The smallest absolute Gasteiger partial charge is 0.150 e. The molecule has 37 heavy (non-hydrogen) atoms. The van der Waals surface area contributed by atoms with Crippen LogP contribution < -0.4 is 4.74 Å². The summed E-state index contributed by atoms with van der Waals surface area (Å²) in [5.74, 6) is -0.726. The third kappa shape index (κ3) is 6.44. The van der Waals surface area contributed by atoms with Crippen molar-refractivity contribution in [3.8, 4) is 11.5 Å². The summed E-state index contributed by atoms with van der Waals surface area (Å²) >= 11 is 0. The summed E-state index contributed by atoms with van der Waals surface area (Å²) in [6, 6.07) is 16.2. The van der Waals surface area contributed by atoms with Crippen molar-refractivity contribution in [2.24, 2.45) is 0 Å². The third-order valence-electron chi connectivity index (χ3n) is 6.51. The van der Waals surface area contributed by atoms with Crippen molar-refractivity contribution in [1.82, 2.24) is 4.90 Å². The van der Waals surface area contributed by atoms with Crippen molar-refractivity contribution in [3.05, 3.63) is 101 Å². The lowest BCUT2D eigenvalue weighted by atomic mass is 9.86. The topological polar surface area (TPSA) is 32.7 Å². The van der Waals surface area contributed by atoms with Gasteiger partial charge in [-0.3, -0.25) is 9.29 Å². The van der Waals surface area contributed by atoms with Gasteiger partial charge in [0, 0.05) is 36.4 Å². The molecule has 194 valence electrons. The van der Waals surface area contributed by atoms with Gasteiger partial charge >= 0.3 is 0 Å². The molecule has 0 aliphatic carbocycles. The molecule has 1 heterocycles. The van der Waals surface area contributed by atoms with Gasteiger partial charge in [0.15, 0.2) is 0 Å². The van der Waals surface area contributed by atoms with Gasteiger partial charge in [0.1, 0.15) is 29.2 Å². The van der Waals surface area contributed by atoms with E-state index in [1.54, 1.807) is 18.2 Å². The second-order valence-electron chi connectivity index (χ2n) is 9.29. The van der Waals surface area contributed by atoms with Gasteiger partial charge in [-0.25, -0.2) is 8.78 Å². The number of halogens is 3. The van der Waals surface area contributed by atoms with Gasteiger partial charge < -0.3 is 9.84 Å². The number of hydrogen-bond acceptors (Lipinski definition) is 3. The van der Waals surface area contributed by atoms with Crippen molar-refractivity contribution < 1.29 is 23.0 Å². The van der Waals surface area contributed by atoms with Crippen LogP contribution in [0.15, 0.2) is 66.7 Å². The fraction of sp³-hybridized carbons (Fsp3) is 0.290. The van der Waals surface area contributed by atoms with Gasteiger partial charge in [0.25, 0.3) is 0 Å². The maximum Gasteiger partial charge on any atom is 0.150 e. The van der Waals surface area contributed by atoms with Crippen LogP contribution in [0.5, 0.6) is 11.5 Å². The van der Waals surface area contributed by atoms with Crippen molar-refractivity contribution >= 4 is 17.2 Å². The maximum atomic E-state index is 14.2. The second kappa shape index (κ2) is 12.2. The van der Waals surface area contributed by atoms with Gasteiger partial charge in [0.2, 0.25) is 0 Å². The normalized spacial score (nSPS) is 15.4. The standard InChI is InChI=1S/C31H32F3NO2/c1-3-14-35(16-5-13-32)15-4-6-22-7-9-23(10-8-22)31-30(24-17-25(33)19-26(34)18-24)21(2)28-12-11-27(36)20-29(28)37-31/h4,6-12,17-20,31,36H,3,5,13-16H2,1-2H3/b6-4+. The Kier molecular flexibility index (Phi) is 8.72. The Morgan fingerprint density at radius 1 is 0.973 bits per heavy atom. The van der Waals surface area contributed by atoms with Gasteiger partial charge in [-0.2, -0.15) is 0 Å². The van der Waals surface area contributed by atoms with E-state index < -0.39 is 17.7 Å². The molecular weight excluding hydrogens is 475 g/mol. The largest absolute Gasteiger partial charge is 0.508 e. The van der Waals surface area contributed by atoms with Crippen molar-refractivity contribution in [2.45, 2.75) is 32.8 Å². The monoisotopic (exact) mass is 507 g/mol. The number of hydrogen-bond donors (Lipinski definition) is 1. The lowest BCUT2D eigenvalue weighted by Crippen LogP contribution is -2.26. The molecule has 0 saturated heterocycles. The molecule has 0 fully saturated rings. The van der Waals surface area contributed by atoms with Crippen LogP contribution in [0.1, 0.15) is 55.0 Å². The van der Waals surface area contributed by atoms with E-state index in [0.717, 1.165) is 54.4 Å². The Labute approximate surface area is 216 Å². The fourth-order valence-electron chi connectivity index (χ4n) is 4.77. The van der Waals surface area contributed by atoms with E-state index in [0.29, 0.717) is 23.3 Å². The minimum absolute atomic E-state index is 0.0784. The molecule has 0 radical (unpaired) electrons.